The highest BCUT2D eigenvalue weighted by Gasteiger charge is 2.12. The number of nitro groups is 1. The molecule has 1 unspecified atom stereocenters. The molecule has 0 radical (unpaired) electrons. The fraction of sp³-hybridized carbons (Fsp3) is 0.364. The minimum Gasteiger partial charge on any atom is -0.490 e. The van der Waals surface area contributed by atoms with Crippen LogP contribution in [0.15, 0.2) is 24.3 Å². The van der Waals surface area contributed by atoms with Gasteiger partial charge in [-0.15, -0.1) is 0 Å². The predicted molar refractivity (Wildman–Crippen MR) is 59.8 cm³/mol. The van der Waals surface area contributed by atoms with Crippen molar-refractivity contribution >= 4 is 11.7 Å². The fourth-order valence-electron chi connectivity index (χ4n) is 1.26. The van der Waals surface area contributed by atoms with Crippen molar-refractivity contribution in [2.24, 2.45) is 0 Å². The van der Waals surface area contributed by atoms with Crippen LogP contribution in [0.1, 0.15) is 13.3 Å². The maximum atomic E-state index is 11.0. The molecule has 92 valence electrons. The van der Waals surface area contributed by atoms with Crippen molar-refractivity contribution in [1.29, 1.82) is 0 Å². The summed E-state index contributed by atoms with van der Waals surface area (Å²) in [6.07, 6.45) is -0.302. The highest BCUT2D eigenvalue weighted by atomic mass is 16.6. The van der Waals surface area contributed by atoms with Gasteiger partial charge >= 0.3 is 5.97 Å². The highest BCUT2D eigenvalue weighted by molar-refractivity contribution is 5.69. The Kier molecular flexibility index (Phi) is 4.45. The van der Waals surface area contributed by atoms with Gasteiger partial charge < -0.3 is 9.47 Å². The highest BCUT2D eigenvalue weighted by Crippen LogP contribution is 2.20. The standard InChI is InChI=1S/C11H13NO5/c1-8(6-11(13)16-2)17-10-5-3-4-9(7-10)12(14)15/h3-5,7-8H,6H2,1-2H3. The maximum absolute atomic E-state index is 11.0. The van der Waals surface area contributed by atoms with Crippen LogP contribution in [0.2, 0.25) is 0 Å². The van der Waals surface area contributed by atoms with Gasteiger partial charge in [0.2, 0.25) is 0 Å². The Balaban J connectivity index is 2.65. The van der Waals surface area contributed by atoms with E-state index in [2.05, 4.69) is 4.74 Å². The molecule has 0 heterocycles. The molecule has 0 amide bonds. The summed E-state index contributed by atoms with van der Waals surface area (Å²) in [6.45, 7) is 1.69. The van der Waals surface area contributed by atoms with Crippen LogP contribution in [-0.2, 0) is 9.53 Å². The van der Waals surface area contributed by atoms with E-state index in [1.165, 1.54) is 25.3 Å². The Morgan fingerprint density at radius 2 is 2.24 bits per heavy atom. The zero-order chi connectivity index (χ0) is 12.8. The van der Waals surface area contributed by atoms with Crippen molar-refractivity contribution in [2.45, 2.75) is 19.4 Å². The lowest BCUT2D eigenvalue weighted by Gasteiger charge is -2.13. The van der Waals surface area contributed by atoms with E-state index in [-0.39, 0.29) is 18.1 Å². The van der Waals surface area contributed by atoms with E-state index in [1.54, 1.807) is 13.0 Å². The summed E-state index contributed by atoms with van der Waals surface area (Å²) in [5.74, 6) is -0.0291. The van der Waals surface area contributed by atoms with Crippen molar-refractivity contribution < 1.29 is 19.2 Å². The Hall–Kier alpha value is -2.11. The maximum Gasteiger partial charge on any atom is 0.309 e. The van der Waals surface area contributed by atoms with Crippen LogP contribution in [0.3, 0.4) is 0 Å². The molecule has 0 aliphatic heterocycles. The summed E-state index contributed by atoms with van der Waals surface area (Å²) in [7, 11) is 1.29. The SMILES string of the molecule is COC(=O)CC(C)Oc1cccc([N+](=O)[O-])c1. The second-order valence-corrected chi connectivity index (χ2v) is 3.46. The number of carbonyl (C=O) groups is 1. The van der Waals surface area contributed by atoms with E-state index in [4.69, 9.17) is 4.74 Å². The van der Waals surface area contributed by atoms with Gasteiger partial charge in [0.15, 0.2) is 0 Å². The second-order valence-electron chi connectivity index (χ2n) is 3.46. The fourth-order valence-corrected chi connectivity index (χ4v) is 1.26. The molecule has 0 aliphatic rings. The first-order chi connectivity index (χ1) is 8.02. The average Bonchev–Trinajstić information content (AvgIpc) is 2.28. The van der Waals surface area contributed by atoms with Gasteiger partial charge in [0, 0.05) is 6.07 Å². The minimum absolute atomic E-state index is 0.0484. The molecular formula is C11H13NO5. The quantitative estimate of drug-likeness (QED) is 0.445. The van der Waals surface area contributed by atoms with Crippen molar-refractivity contribution in [3.63, 3.8) is 0 Å². The minimum atomic E-state index is -0.502. The van der Waals surface area contributed by atoms with Gasteiger partial charge in [0.25, 0.3) is 5.69 Å². The molecule has 0 fully saturated rings. The number of carbonyl (C=O) groups excluding carboxylic acids is 1. The van der Waals surface area contributed by atoms with Crippen LogP contribution in [0.25, 0.3) is 0 Å². The molecule has 1 atom stereocenters. The van der Waals surface area contributed by atoms with E-state index in [1.807, 2.05) is 0 Å². The summed E-state index contributed by atoms with van der Waals surface area (Å²) in [5, 5.41) is 10.5. The smallest absolute Gasteiger partial charge is 0.309 e. The first-order valence-electron chi connectivity index (χ1n) is 5.01. The van der Waals surface area contributed by atoms with Crippen LogP contribution in [0.5, 0.6) is 5.75 Å². The third-order valence-electron chi connectivity index (χ3n) is 2.05. The number of non-ortho nitro benzene ring substituents is 1. The Morgan fingerprint density at radius 1 is 1.53 bits per heavy atom. The van der Waals surface area contributed by atoms with E-state index >= 15 is 0 Å². The molecule has 6 nitrogen and oxygen atoms in total. The average molecular weight is 239 g/mol. The third-order valence-corrected chi connectivity index (χ3v) is 2.05. The van der Waals surface area contributed by atoms with Gasteiger partial charge in [-0.1, -0.05) is 6.07 Å². The van der Waals surface area contributed by atoms with E-state index in [0.717, 1.165) is 0 Å². The molecule has 0 aromatic heterocycles. The zero-order valence-corrected chi connectivity index (χ0v) is 9.58. The van der Waals surface area contributed by atoms with Crippen LogP contribution in [0.4, 0.5) is 5.69 Å². The number of hydrogen-bond donors (Lipinski definition) is 0. The molecule has 1 aromatic carbocycles. The van der Waals surface area contributed by atoms with Crippen molar-refractivity contribution in [3.05, 3.63) is 34.4 Å². The number of benzene rings is 1. The number of ether oxygens (including phenoxy) is 2. The van der Waals surface area contributed by atoms with Crippen molar-refractivity contribution in [2.75, 3.05) is 7.11 Å². The van der Waals surface area contributed by atoms with Gasteiger partial charge in [0.05, 0.1) is 24.5 Å². The molecule has 0 bridgehead atoms. The largest absolute Gasteiger partial charge is 0.490 e. The summed E-state index contributed by atoms with van der Waals surface area (Å²) in [5.41, 5.74) is -0.0484. The number of esters is 1. The molecule has 0 saturated carbocycles. The number of nitro benzene ring substituents is 1. The van der Waals surface area contributed by atoms with Crippen LogP contribution in [0, 0.1) is 10.1 Å². The van der Waals surface area contributed by atoms with Crippen LogP contribution < -0.4 is 4.74 Å². The molecular weight excluding hydrogens is 226 g/mol. The lowest BCUT2D eigenvalue weighted by Crippen LogP contribution is -2.17. The monoisotopic (exact) mass is 239 g/mol. The molecule has 1 aromatic rings. The molecule has 1 rings (SSSR count). The topological polar surface area (TPSA) is 78.7 Å². The second kappa shape index (κ2) is 5.83. The summed E-state index contributed by atoms with van der Waals surface area (Å²) in [6, 6.07) is 5.81. The first-order valence-corrected chi connectivity index (χ1v) is 5.01. The Labute approximate surface area is 98.3 Å². The molecule has 0 saturated heterocycles. The van der Waals surface area contributed by atoms with E-state index in [9.17, 15) is 14.9 Å². The first kappa shape index (κ1) is 13.0. The summed E-state index contributed by atoms with van der Waals surface area (Å²) < 4.78 is 9.87. The van der Waals surface area contributed by atoms with E-state index < -0.39 is 11.0 Å². The van der Waals surface area contributed by atoms with Crippen molar-refractivity contribution in [3.8, 4) is 5.75 Å². The molecule has 6 heteroatoms. The summed E-state index contributed by atoms with van der Waals surface area (Å²) in [4.78, 5) is 21.0. The van der Waals surface area contributed by atoms with Crippen LogP contribution in [-0.4, -0.2) is 24.1 Å². The Bertz CT molecular complexity index is 418. The normalized spacial score (nSPS) is 11.6. The van der Waals surface area contributed by atoms with Crippen LogP contribution >= 0.6 is 0 Å². The predicted octanol–water partition coefficient (Wildman–Crippen LogP) is 1.93. The lowest BCUT2D eigenvalue weighted by atomic mass is 10.2. The van der Waals surface area contributed by atoms with E-state index in [0.29, 0.717) is 5.75 Å². The lowest BCUT2D eigenvalue weighted by molar-refractivity contribution is -0.384. The van der Waals surface area contributed by atoms with Gasteiger partial charge in [-0.2, -0.15) is 0 Å². The third kappa shape index (κ3) is 4.10. The summed E-state index contributed by atoms with van der Waals surface area (Å²) >= 11 is 0. The van der Waals surface area contributed by atoms with Gasteiger partial charge in [-0.25, -0.2) is 0 Å². The number of methoxy groups -OCH3 is 1. The number of nitrogens with zero attached hydrogens (tertiary/aromatic N) is 1. The van der Waals surface area contributed by atoms with Gasteiger partial charge in [-0.05, 0) is 13.0 Å². The number of hydrogen-bond acceptors (Lipinski definition) is 5. The molecule has 0 N–H and O–H groups in total. The Morgan fingerprint density at radius 3 is 2.82 bits per heavy atom. The number of rotatable bonds is 5. The van der Waals surface area contributed by atoms with Crippen molar-refractivity contribution in [1.82, 2.24) is 0 Å². The van der Waals surface area contributed by atoms with Gasteiger partial charge in [-0.3, -0.25) is 14.9 Å². The molecule has 0 spiro atoms. The molecule has 17 heavy (non-hydrogen) atoms. The molecule has 0 aliphatic carbocycles. The van der Waals surface area contributed by atoms with Gasteiger partial charge in [0.1, 0.15) is 11.9 Å². The zero-order valence-electron chi connectivity index (χ0n) is 9.58.